The zero-order valence-corrected chi connectivity index (χ0v) is 10.4. The van der Waals surface area contributed by atoms with Crippen molar-refractivity contribution in [1.29, 1.82) is 5.41 Å². The number of H-pyrrole nitrogens is 1. The van der Waals surface area contributed by atoms with E-state index in [4.69, 9.17) is 15.9 Å². The van der Waals surface area contributed by atoms with Crippen molar-refractivity contribution in [3.8, 4) is 11.6 Å². The molecule has 0 aliphatic heterocycles. The van der Waals surface area contributed by atoms with E-state index >= 15 is 0 Å². The number of aromatic nitrogens is 2. The maximum Gasteiger partial charge on any atom is 0.417 e. The van der Waals surface area contributed by atoms with Gasteiger partial charge in [0.2, 0.25) is 5.88 Å². The zero-order valence-electron chi connectivity index (χ0n) is 10.4. The van der Waals surface area contributed by atoms with Gasteiger partial charge < -0.3 is 10.5 Å². The molecular weight excluding hydrogens is 273 g/mol. The van der Waals surface area contributed by atoms with E-state index in [0.717, 1.165) is 23.9 Å². The van der Waals surface area contributed by atoms with Gasteiger partial charge in [-0.25, -0.2) is 0 Å². The van der Waals surface area contributed by atoms with Gasteiger partial charge in [0.25, 0.3) is 0 Å². The molecule has 8 heteroatoms. The van der Waals surface area contributed by atoms with E-state index < -0.39 is 23.1 Å². The predicted molar refractivity (Wildman–Crippen MR) is 65.9 cm³/mol. The Labute approximate surface area is 112 Å². The number of nitrogens with one attached hydrogen (secondary N) is 2. The van der Waals surface area contributed by atoms with Crippen molar-refractivity contribution in [1.82, 2.24) is 10.2 Å². The van der Waals surface area contributed by atoms with Crippen molar-refractivity contribution in [3.63, 3.8) is 0 Å². The number of nitrogen functional groups attached to an aromatic ring is 1. The number of ether oxygens (including phenoxy) is 1. The van der Waals surface area contributed by atoms with Crippen LogP contribution in [0.1, 0.15) is 16.8 Å². The summed E-state index contributed by atoms with van der Waals surface area (Å²) in [7, 11) is 0. The van der Waals surface area contributed by atoms with Crippen molar-refractivity contribution in [2.75, 3.05) is 0 Å². The third-order valence-corrected chi connectivity index (χ3v) is 2.49. The molecule has 5 nitrogen and oxygen atoms in total. The summed E-state index contributed by atoms with van der Waals surface area (Å²) in [4.78, 5) is 0. The normalized spacial score (nSPS) is 11.4. The molecule has 0 atom stereocenters. The predicted octanol–water partition coefficient (Wildman–Crippen LogP) is 2.81. The molecule has 4 N–H and O–H groups in total. The fourth-order valence-electron chi connectivity index (χ4n) is 1.62. The molecule has 0 aliphatic carbocycles. The van der Waals surface area contributed by atoms with Crippen LogP contribution in [0.15, 0.2) is 24.3 Å². The van der Waals surface area contributed by atoms with Crippen molar-refractivity contribution < 1.29 is 17.9 Å². The van der Waals surface area contributed by atoms with E-state index in [2.05, 4.69) is 10.2 Å². The summed E-state index contributed by atoms with van der Waals surface area (Å²) >= 11 is 0. The third kappa shape index (κ3) is 2.90. The van der Waals surface area contributed by atoms with Gasteiger partial charge in [0, 0.05) is 17.3 Å². The van der Waals surface area contributed by atoms with Crippen molar-refractivity contribution in [2.45, 2.75) is 13.1 Å². The highest BCUT2D eigenvalue weighted by Crippen LogP contribution is 2.34. The van der Waals surface area contributed by atoms with E-state index in [9.17, 15) is 13.2 Å². The lowest BCUT2D eigenvalue weighted by Gasteiger charge is -2.13. The van der Waals surface area contributed by atoms with Gasteiger partial charge in [-0.1, -0.05) is 0 Å². The van der Waals surface area contributed by atoms with Crippen molar-refractivity contribution >= 4 is 5.84 Å². The van der Waals surface area contributed by atoms with E-state index in [1.165, 1.54) is 0 Å². The SMILES string of the molecule is Cc1cc(Oc2ccc(C(F)(F)F)c(C(=N)N)c2)n[nH]1. The molecular formula is C12H11F3N4O. The number of hydrogen-bond donors (Lipinski definition) is 3. The largest absolute Gasteiger partial charge is 0.438 e. The van der Waals surface area contributed by atoms with Crippen LogP contribution in [0.25, 0.3) is 0 Å². The molecule has 106 valence electrons. The van der Waals surface area contributed by atoms with Gasteiger partial charge in [-0.05, 0) is 25.1 Å². The van der Waals surface area contributed by atoms with Gasteiger partial charge in [0.15, 0.2) is 0 Å². The summed E-state index contributed by atoms with van der Waals surface area (Å²) in [5.74, 6) is -0.340. The third-order valence-electron chi connectivity index (χ3n) is 2.49. The summed E-state index contributed by atoms with van der Waals surface area (Å²) in [6.07, 6.45) is -4.58. The number of amidine groups is 1. The summed E-state index contributed by atoms with van der Waals surface area (Å²) in [5, 5.41) is 13.7. The number of aryl methyl sites for hydroxylation is 1. The molecule has 20 heavy (non-hydrogen) atoms. The van der Waals surface area contributed by atoms with Gasteiger partial charge >= 0.3 is 6.18 Å². The highest BCUT2D eigenvalue weighted by atomic mass is 19.4. The maximum absolute atomic E-state index is 12.8. The van der Waals surface area contributed by atoms with Gasteiger partial charge in [-0.3, -0.25) is 10.5 Å². The van der Waals surface area contributed by atoms with Crippen molar-refractivity contribution in [2.24, 2.45) is 5.73 Å². The number of rotatable bonds is 3. The number of nitrogens with two attached hydrogens (primary N) is 1. The quantitative estimate of drug-likeness (QED) is 0.598. The lowest BCUT2D eigenvalue weighted by atomic mass is 10.1. The molecule has 1 aromatic heterocycles. The Morgan fingerprint density at radius 1 is 1.35 bits per heavy atom. The molecule has 0 amide bonds. The first-order chi connectivity index (χ1) is 9.27. The molecule has 0 bridgehead atoms. The zero-order chi connectivity index (χ0) is 14.9. The fraction of sp³-hybridized carbons (Fsp3) is 0.167. The average molecular weight is 284 g/mol. The van der Waals surface area contributed by atoms with Crippen LogP contribution >= 0.6 is 0 Å². The van der Waals surface area contributed by atoms with Crippen molar-refractivity contribution in [3.05, 3.63) is 41.1 Å². The van der Waals surface area contributed by atoms with Gasteiger partial charge in [0.1, 0.15) is 11.6 Å². The molecule has 0 fully saturated rings. The van der Waals surface area contributed by atoms with Gasteiger partial charge in [-0.2, -0.15) is 13.2 Å². The first kappa shape index (κ1) is 13.9. The molecule has 0 spiro atoms. The first-order valence-electron chi connectivity index (χ1n) is 5.53. The Hall–Kier alpha value is -2.51. The van der Waals surface area contributed by atoms with Crippen LogP contribution in [0.2, 0.25) is 0 Å². The number of benzene rings is 1. The summed E-state index contributed by atoms with van der Waals surface area (Å²) < 4.78 is 43.6. The monoisotopic (exact) mass is 284 g/mol. The minimum absolute atomic E-state index is 0.120. The summed E-state index contributed by atoms with van der Waals surface area (Å²) in [5.41, 5.74) is 4.53. The number of aromatic amines is 1. The second kappa shape index (κ2) is 4.87. The maximum atomic E-state index is 12.8. The fourth-order valence-corrected chi connectivity index (χ4v) is 1.62. The molecule has 0 saturated heterocycles. The van der Waals surface area contributed by atoms with Gasteiger partial charge in [-0.15, -0.1) is 5.10 Å². The van der Waals surface area contributed by atoms with E-state index in [-0.39, 0.29) is 11.6 Å². The second-order valence-electron chi connectivity index (χ2n) is 4.11. The Kier molecular flexibility index (Phi) is 3.39. The van der Waals surface area contributed by atoms with Crippen LogP contribution in [0.5, 0.6) is 11.6 Å². The van der Waals surface area contributed by atoms with E-state index in [1.54, 1.807) is 13.0 Å². The molecule has 2 aromatic rings. The van der Waals surface area contributed by atoms with E-state index in [1.807, 2.05) is 0 Å². The summed E-state index contributed by atoms with van der Waals surface area (Å²) in [6, 6.07) is 4.63. The van der Waals surface area contributed by atoms with Crippen LogP contribution < -0.4 is 10.5 Å². The van der Waals surface area contributed by atoms with Crippen LogP contribution in [0.4, 0.5) is 13.2 Å². The molecule has 1 aromatic carbocycles. The van der Waals surface area contributed by atoms with E-state index in [0.29, 0.717) is 0 Å². The van der Waals surface area contributed by atoms with Crippen LogP contribution in [-0.2, 0) is 6.18 Å². The standard InChI is InChI=1S/C12H11F3N4O/c1-6-4-10(19-18-6)20-7-2-3-9(12(13,14)15)8(5-7)11(16)17/h2-5H,1H3,(H3,16,17)(H,18,19). The Morgan fingerprint density at radius 3 is 2.55 bits per heavy atom. The average Bonchev–Trinajstić information content (AvgIpc) is 2.73. The minimum Gasteiger partial charge on any atom is -0.438 e. The number of alkyl halides is 3. The van der Waals surface area contributed by atoms with Crippen LogP contribution in [-0.4, -0.2) is 16.0 Å². The molecule has 2 rings (SSSR count). The molecule has 0 saturated carbocycles. The highest BCUT2D eigenvalue weighted by Gasteiger charge is 2.34. The number of nitrogens with zero attached hydrogens (tertiary/aromatic N) is 1. The Balaban J connectivity index is 2.38. The lowest BCUT2D eigenvalue weighted by Crippen LogP contribution is -2.18. The highest BCUT2D eigenvalue weighted by molar-refractivity contribution is 5.97. The molecule has 1 heterocycles. The second-order valence-corrected chi connectivity index (χ2v) is 4.11. The lowest BCUT2D eigenvalue weighted by molar-refractivity contribution is -0.137. The molecule has 0 radical (unpaired) electrons. The Bertz CT molecular complexity index is 648. The molecule has 0 aliphatic rings. The number of halogens is 3. The minimum atomic E-state index is -4.58. The van der Waals surface area contributed by atoms with Gasteiger partial charge in [0.05, 0.1) is 5.56 Å². The smallest absolute Gasteiger partial charge is 0.417 e. The first-order valence-corrected chi connectivity index (χ1v) is 5.53. The summed E-state index contributed by atoms with van der Waals surface area (Å²) in [6.45, 7) is 1.76. The number of hydrogen-bond acceptors (Lipinski definition) is 3. The Morgan fingerprint density at radius 2 is 2.05 bits per heavy atom. The van der Waals surface area contributed by atoms with Crippen LogP contribution in [0, 0.1) is 12.3 Å². The molecule has 0 unspecified atom stereocenters. The van der Waals surface area contributed by atoms with Crippen LogP contribution in [0.3, 0.4) is 0 Å². The topological polar surface area (TPSA) is 87.8 Å².